The SMILES string of the molecule is CCC(=O)N1CCC(OC2=CC=C(c3cnc4cc(OC)ccc4c3)CC2)CC1. The molecule has 29 heavy (non-hydrogen) atoms. The minimum Gasteiger partial charge on any atom is -0.497 e. The molecule has 0 saturated carbocycles. The number of amides is 1. The van der Waals surface area contributed by atoms with E-state index in [0.717, 1.165) is 66.7 Å². The van der Waals surface area contributed by atoms with Crippen LogP contribution in [0.2, 0.25) is 0 Å². The maximum absolute atomic E-state index is 11.8. The molecule has 0 unspecified atom stereocenters. The highest BCUT2D eigenvalue weighted by Gasteiger charge is 2.24. The maximum Gasteiger partial charge on any atom is 0.222 e. The fourth-order valence-electron chi connectivity index (χ4n) is 4.02. The van der Waals surface area contributed by atoms with Crippen molar-refractivity contribution in [3.63, 3.8) is 0 Å². The molecular formula is C24H28N2O3. The lowest BCUT2D eigenvalue weighted by molar-refractivity contribution is -0.133. The third-order valence-corrected chi connectivity index (χ3v) is 5.79. The van der Waals surface area contributed by atoms with Crippen molar-refractivity contribution in [3.05, 3.63) is 53.9 Å². The van der Waals surface area contributed by atoms with Crippen LogP contribution in [-0.2, 0) is 9.53 Å². The number of benzene rings is 1. The Balaban J connectivity index is 1.40. The van der Waals surface area contributed by atoms with Crippen LogP contribution in [0.4, 0.5) is 0 Å². The Morgan fingerprint density at radius 1 is 1.17 bits per heavy atom. The quantitative estimate of drug-likeness (QED) is 0.739. The number of rotatable bonds is 5. The Morgan fingerprint density at radius 2 is 2.00 bits per heavy atom. The molecule has 0 atom stereocenters. The van der Waals surface area contributed by atoms with Gasteiger partial charge < -0.3 is 14.4 Å². The first-order valence-corrected chi connectivity index (χ1v) is 10.4. The molecule has 1 fully saturated rings. The number of aromatic nitrogens is 1. The number of carbonyl (C=O) groups is 1. The summed E-state index contributed by atoms with van der Waals surface area (Å²) in [6.07, 6.45) is 10.7. The number of pyridine rings is 1. The lowest BCUT2D eigenvalue weighted by atomic mass is 9.96. The zero-order valence-electron chi connectivity index (χ0n) is 17.2. The summed E-state index contributed by atoms with van der Waals surface area (Å²) >= 11 is 0. The number of ether oxygens (including phenoxy) is 2. The standard InChI is InChI=1S/C24H28N2O3/c1-3-24(27)26-12-10-21(11-13-26)29-20-7-4-17(5-8-20)19-14-18-6-9-22(28-2)15-23(18)25-16-19/h4,6-7,9,14-16,21H,3,5,8,10-13H2,1-2H3. The molecule has 1 aliphatic heterocycles. The minimum absolute atomic E-state index is 0.217. The van der Waals surface area contributed by atoms with Crippen LogP contribution in [0.5, 0.6) is 5.75 Å². The monoisotopic (exact) mass is 392 g/mol. The number of allylic oxidation sites excluding steroid dienone is 4. The Hall–Kier alpha value is -2.82. The number of fused-ring (bicyclic) bond motifs is 1. The van der Waals surface area contributed by atoms with Crippen molar-refractivity contribution < 1.29 is 14.3 Å². The van der Waals surface area contributed by atoms with Gasteiger partial charge >= 0.3 is 0 Å². The van der Waals surface area contributed by atoms with E-state index in [1.54, 1.807) is 7.11 Å². The molecule has 4 rings (SSSR count). The average Bonchev–Trinajstić information content (AvgIpc) is 2.79. The van der Waals surface area contributed by atoms with E-state index in [9.17, 15) is 4.79 Å². The lowest BCUT2D eigenvalue weighted by Crippen LogP contribution is -2.40. The zero-order chi connectivity index (χ0) is 20.2. The van der Waals surface area contributed by atoms with Crippen LogP contribution in [0.1, 0.15) is 44.6 Å². The summed E-state index contributed by atoms with van der Waals surface area (Å²) in [6, 6.07) is 8.16. The Morgan fingerprint density at radius 3 is 2.69 bits per heavy atom. The number of methoxy groups -OCH3 is 1. The van der Waals surface area contributed by atoms with E-state index in [2.05, 4.69) is 23.2 Å². The molecule has 2 heterocycles. The summed E-state index contributed by atoms with van der Waals surface area (Å²) in [5.41, 5.74) is 3.38. The van der Waals surface area contributed by atoms with Crippen LogP contribution in [0.25, 0.3) is 16.5 Å². The first kappa shape index (κ1) is 19.5. The molecular weight excluding hydrogens is 364 g/mol. The molecule has 1 saturated heterocycles. The van der Waals surface area contributed by atoms with E-state index >= 15 is 0 Å². The predicted octanol–water partition coefficient (Wildman–Crippen LogP) is 4.72. The van der Waals surface area contributed by atoms with E-state index < -0.39 is 0 Å². The summed E-state index contributed by atoms with van der Waals surface area (Å²) in [7, 11) is 1.67. The van der Waals surface area contributed by atoms with Crippen molar-refractivity contribution >= 4 is 22.4 Å². The van der Waals surface area contributed by atoms with Crippen molar-refractivity contribution in [2.75, 3.05) is 20.2 Å². The second-order valence-electron chi connectivity index (χ2n) is 7.66. The number of hydrogen-bond donors (Lipinski definition) is 0. The van der Waals surface area contributed by atoms with Gasteiger partial charge in [-0.15, -0.1) is 0 Å². The summed E-state index contributed by atoms with van der Waals surface area (Å²) in [5.74, 6) is 2.12. The number of likely N-dealkylation sites (tertiary alicyclic amines) is 1. The van der Waals surface area contributed by atoms with Crippen LogP contribution in [0.15, 0.2) is 48.4 Å². The summed E-state index contributed by atoms with van der Waals surface area (Å²) in [5, 5.41) is 1.11. The Bertz CT molecular complexity index is 956. The normalized spacial score (nSPS) is 17.7. The maximum atomic E-state index is 11.8. The van der Waals surface area contributed by atoms with E-state index in [1.807, 2.05) is 36.2 Å². The van der Waals surface area contributed by atoms with Crippen LogP contribution in [0.3, 0.4) is 0 Å². The molecule has 1 aliphatic carbocycles. The highest BCUT2D eigenvalue weighted by Crippen LogP contribution is 2.30. The van der Waals surface area contributed by atoms with Gasteiger partial charge in [0.05, 0.1) is 18.4 Å². The number of nitrogens with zero attached hydrogens (tertiary/aromatic N) is 2. The molecule has 0 bridgehead atoms. The molecule has 152 valence electrons. The topological polar surface area (TPSA) is 51.7 Å². The fourth-order valence-corrected chi connectivity index (χ4v) is 4.02. The molecule has 5 heteroatoms. The van der Waals surface area contributed by atoms with Gasteiger partial charge in [-0.1, -0.05) is 13.0 Å². The lowest BCUT2D eigenvalue weighted by Gasteiger charge is -2.33. The van der Waals surface area contributed by atoms with Gasteiger partial charge in [0.2, 0.25) is 5.91 Å². The molecule has 2 aliphatic rings. The fraction of sp³-hybridized carbons (Fsp3) is 0.417. The molecule has 0 radical (unpaired) electrons. The van der Waals surface area contributed by atoms with E-state index in [0.29, 0.717) is 6.42 Å². The van der Waals surface area contributed by atoms with Crippen molar-refractivity contribution in [1.29, 1.82) is 0 Å². The van der Waals surface area contributed by atoms with Crippen molar-refractivity contribution in [3.8, 4) is 5.75 Å². The van der Waals surface area contributed by atoms with Crippen LogP contribution in [0, 0.1) is 0 Å². The van der Waals surface area contributed by atoms with Crippen molar-refractivity contribution in [2.45, 2.75) is 45.1 Å². The summed E-state index contributed by atoms with van der Waals surface area (Å²) in [4.78, 5) is 18.4. The highest BCUT2D eigenvalue weighted by atomic mass is 16.5. The number of piperidine rings is 1. The second-order valence-corrected chi connectivity index (χ2v) is 7.66. The number of hydrogen-bond acceptors (Lipinski definition) is 4. The molecule has 0 spiro atoms. The van der Waals surface area contributed by atoms with Crippen LogP contribution >= 0.6 is 0 Å². The van der Waals surface area contributed by atoms with E-state index in [-0.39, 0.29) is 12.0 Å². The number of carbonyl (C=O) groups excluding carboxylic acids is 1. The third-order valence-electron chi connectivity index (χ3n) is 5.79. The van der Waals surface area contributed by atoms with Gasteiger partial charge in [0.15, 0.2) is 0 Å². The third kappa shape index (κ3) is 4.44. The van der Waals surface area contributed by atoms with Gasteiger partial charge in [-0.3, -0.25) is 9.78 Å². The molecule has 5 nitrogen and oxygen atoms in total. The van der Waals surface area contributed by atoms with Gasteiger partial charge in [-0.25, -0.2) is 0 Å². The minimum atomic E-state index is 0.217. The summed E-state index contributed by atoms with van der Waals surface area (Å²) in [6.45, 7) is 3.53. The van der Waals surface area contributed by atoms with Gasteiger partial charge in [0.1, 0.15) is 11.9 Å². The Kier molecular flexibility index (Phi) is 5.84. The second kappa shape index (κ2) is 8.68. The molecule has 1 aromatic carbocycles. The van der Waals surface area contributed by atoms with Crippen molar-refractivity contribution in [1.82, 2.24) is 9.88 Å². The largest absolute Gasteiger partial charge is 0.497 e. The van der Waals surface area contributed by atoms with Gasteiger partial charge in [-0.05, 0) is 41.8 Å². The van der Waals surface area contributed by atoms with Crippen LogP contribution in [-0.4, -0.2) is 42.1 Å². The smallest absolute Gasteiger partial charge is 0.222 e. The predicted molar refractivity (Wildman–Crippen MR) is 115 cm³/mol. The molecule has 0 N–H and O–H groups in total. The van der Waals surface area contributed by atoms with Crippen LogP contribution < -0.4 is 4.74 Å². The van der Waals surface area contributed by atoms with Crippen molar-refractivity contribution in [2.24, 2.45) is 0 Å². The van der Waals surface area contributed by atoms with E-state index in [1.165, 1.54) is 5.57 Å². The molecule has 1 aromatic heterocycles. The average molecular weight is 392 g/mol. The summed E-state index contributed by atoms with van der Waals surface area (Å²) < 4.78 is 11.5. The van der Waals surface area contributed by atoms with E-state index in [4.69, 9.17) is 9.47 Å². The highest BCUT2D eigenvalue weighted by molar-refractivity contribution is 5.84. The zero-order valence-corrected chi connectivity index (χ0v) is 17.2. The van der Waals surface area contributed by atoms with Gasteiger partial charge in [0.25, 0.3) is 0 Å². The van der Waals surface area contributed by atoms with Gasteiger partial charge in [-0.2, -0.15) is 0 Å². The first-order chi connectivity index (χ1) is 14.2. The molecule has 1 amide bonds. The Labute approximate surface area is 172 Å². The molecule has 2 aromatic rings. The van der Waals surface area contributed by atoms with Gasteiger partial charge in [0, 0.05) is 56.4 Å². The first-order valence-electron chi connectivity index (χ1n) is 10.4.